The number of fused-ring (bicyclic) bond motifs is 1. The maximum Gasteiger partial charge on any atom is 0.265 e. The van der Waals surface area contributed by atoms with E-state index in [1.165, 1.54) is 7.11 Å². The summed E-state index contributed by atoms with van der Waals surface area (Å²) in [4.78, 5) is 17.4. The number of anilines is 1. The van der Waals surface area contributed by atoms with Gasteiger partial charge >= 0.3 is 0 Å². The van der Waals surface area contributed by atoms with E-state index in [1.807, 2.05) is 50.4 Å². The van der Waals surface area contributed by atoms with Crippen LogP contribution < -0.4 is 14.8 Å². The van der Waals surface area contributed by atoms with Crippen molar-refractivity contribution in [3.05, 3.63) is 65.3 Å². The lowest BCUT2D eigenvalue weighted by molar-refractivity contribution is -0.122. The van der Waals surface area contributed by atoms with E-state index in [0.717, 1.165) is 22.2 Å². The van der Waals surface area contributed by atoms with Gasteiger partial charge in [-0.25, -0.2) is 0 Å². The monoisotopic (exact) mass is 450 g/mol. The number of ether oxygens (including phenoxy) is 2. The number of hydrogen-bond donors (Lipinski definition) is 1. The minimum absolute atomic E-state index is 0.333. The number of aryl methyl sites for hydroxylation is 2. The Balaban J connectivity index is 1.65. The molecule has 0 radical (unpaired) electrons. The van der Waals surface area contributed by atoms with E-state index in [2.05, 4.69) is 15.4 Å². The minimum Gasteiger partial charge on any atom is -0.495 e. The summed E-state index contributed by atoms with van der Waals surface area (Å²) in [7, 11) is 3.36. The lowest BCUT2D eigenvalue weighted by Gasteiger charge is -2.17. The van der Waals surface area contributed by atoms with Crippen molar-refractivity contribution in [3.63, 3.8) is 0 Å². The number of pyridine rings is 1. The van der Waals surface area contributed by atoms with Gasteiger partial charge in [0.25, 0.3) is 5.91 Å². The van der Waals surface area contributed by atoms with Crippen LogP contribution in [0, 0.1) is 6.92 Å². The topological polar surface area (TPSA) is 78.3 Å². The van der Waals surface area contributed by atoms with Crippen LogP contribution in [-0.2, 0) is 11.8 Å². The second-order valence-corrected chi connectivity index (χ2v) is 7.81. The molecule has 4 aromatic rings. The van der Waals surface area contributed by atoms with Gasteiger partial charge in [-0.05, 0) is 43.2 Å². The Morgan fingerprint density at radius 2 is 1.91 bits per heavy atom. The predicted octanol–water partition coefficient (Wildman–Crippen LogP) is 5.01. The van der Waals surface area contributed by atoms with Crippen LogP contribution in [0.5, 0.6) is 11.6 Å². The molecule has 0 saturated carbocycles. The Kier molecular flexibility index (Phi) is 6.01. The first-order valence-electron chi connectivity index (χ1n) is 10.1. The van der Waals surface area contributed by atoms with Crippen LogP contribution in [0.3, 0.4) is 0 Å². The summed E-state index contributed by atoms with van der Waals surface area (Å²) >= 11 is 6.06. The van der Waals surface area contributed by atoms with Gasteiger partial charge in [-0.15, -0.1) is 0 Å². The number of carbonyl (C=O) groups excluding carboxylic acids is 1. The molecule has 0 aliphatic carbocycles. The fourth-order valence-electron chi connectivity index (χ4n) is 3.57. The van der Waals surface area contributed by atoms with E-state index >= 15 is 0 Å². The van der Waals surface area contributed by atoms with Crippen molar-refractivity contribution >= 4 is 34.2 Å². The number of amides is 1. The molecule has 0 aliphatic rings. The highest BCUT2D eigenvalue weighted by molar-refractivity contribution is 6.31. The first-order valence-corrected chi connectivity index (χ1v) is 10.5. The number of methoxy groups -OCH3 is 1. The van der Waals surface area contributed by atoms with Gasteiger partial charge in [0.05, 0.1) is 23.9 Å². The summed E-state index contributed by atoms with van der Waals surface area (Å²) in [5, 5.41) is 8.75. The Labute approximate surface area is 190 Å². The van der Waals surface area contributed by atoms with E-state index in [9.17, 15) is 4.79 Å². The molecule has 0 spiro atoms. The van der Waals surface area contributed by atoms with E-state index in [-0.39, 0.29) is 5.91 Å². The lowest BCUT2D eigenvalue weighted by atomic mass is 10.0. The van der Waals surface area contributed by atoms with E-state index in [1.54, 1.807) is 29.8 Å². The summed E-state index contributed by atoms with van der Waals surface area (Å²) in [6.45, 7) is 3.61. The van der Waals surface area contributed by atoms with Crippen molar-refractivity contribution in [1.29, 1.82) is 0 Å². The number of aromatic nitrogens is 3. The van der Waals surface area contributed by atoms with Crippen LogP contribution in [0.1, 0.15) is 12.6 Å². The molecule has 1 atom stereocenters. The van der Waals surface area contributed by atoms with Crippen molar-refractivity contribution in [2.75, 3.05) is 12.4 Å². The number of carbonyl (C=O) groups is 1. The Hall–Kier alpha value is -3.58. The second-order valence-electron chi connectivity index (χ2n) is 7.38. The first kappa shape index (κ1) is 21.6. The smallest absolute Gasteiger partial charge is 0.265 e. The Morgan fingerprint density at radius 3 is 2.62 bits per heavy atom. The molecule has 0 fully saturated rings. The summed E-state index contributed by atoms with van der Waals surface area (Å²) in [6, 6.07) is 16.8. The molecule has 32 heavy (non-hydrogen) atoms. The Bertz CT molecular complexity index is 1290. The average Bonchev–Trinajstić information content (AvgIpc) is 3.07. The highest BCUT2D eigenvalue weighted by Crippen LogP contribution is 2.33. The van der Waals surface area contributed by atoms with E-state index in [4.69, 9.17) is 21.1 Å². The van der Waals surface area contributed by atoms with Gasteiger partial charge in [-0.2, -0.15) is 10.1 Å². The quantitative estimate of drug-likeness (QED) is 0.446. The second kappa shape index (κ2) is 8.88. The minimum atomic E-state index is -0.818. The van der Waals surface area contributed by atoms with Gasteiger partial charge in [0, 0.05) is 18.1 Å². The maximum absolute atomic E-state index is 12.8. The number of nitrogens with one attached hydrogen (secondary N) is 1. The molecule has 0 unspecified atom stereocenters. The predicted molar refractivity (Wildman–Crippen MR) is 125 cm³/mol. The van der Waals surface area contributed by atoms with Gasteiger partial charge in [0.1, 0.15) is 5.75 Å². The molecule has 2 aromatic heterocycles. The van der Waals surface area contributed by atoms with Crippen LogP contribution >= 0.6 is 11.6 Å². The van der Waals surface area contributed by atoms with Crippen LogP contribution in [0.25, 0.3) is 22.2 Å². The van der Waals surface area contributed by atoms with Crippen LogP contribution in [0.2, 0.25) is 5.02 Å². The summed E-state index contributed by atoms with van der Waals surface area (Å²) < 4.78 is 13.0. The van der Waals surface area contributed by atoms with Crippen molar-refractivity contribution in [3.8, 4) is 22.8 Å². The third-order valence-corrected chi connectivity index (χ3v) is 5.35. The molecule has 1 amide bonds. The van der Waals surface area contributed by atoms with Gasteiger partial charge in [-0.1, -0.05) is 41.9 Å². The highest BCUT2D eigenvalue weighted by Gasteiger charge is 2.20. The SMILES string of the molecule is COc1ccc(Cl)cc1NC(=O)[C@@H](C)Oc1cc(-c2ccccc2)c2c(C)nn(C)c2n1. The van der Waals surface area contributed by atoms with Crippen molar-refractivity contribution < 1.29 is 14.3 Å². The molecule has 8 heteroatoms. The molecular weight excluding hydrogens is 428 g/mol. The zero-order chi connectivity index (χ0) is 22.8. The van der Waals surface area contributed by atoms with Crippen LogP contribution in [0.15, 0.2) is 54.6 Å². The standard InChI is InChI=1S/C24H23ClN4O3/c1-14-22-18(16-8-6-5-7-9-16)13-21(27-23(22)29(3)28-14)32-15(2)24(30)26-19-12-17(25)10-11-20(19)31-4/h5-13,15H,1-4H3,(H,26,30)/t15-/m1/s1. The zero-order valence-electron chi connectivity index (χ0n) is 18.2. The molecular formula is C24H23ClN4O3. The molecule has 0 bridgehead atoms. The van der Waals surface area contributed by atoms with Crippen LogP contribution in [-0.4, -0.2) is 33.9 Å². The fraction of sp³-hybridized carbons (Fsp3) is 0.208. The lowest BCUT2D eigenvalue weighted by Crippen LogP contribution is -2.30. The fourth-order valence-corrected chi connectivity index (χ4v) is 3.75. The van der Waals surface area contributed by atoms with Crippen molar-refractivity contribution in [2.24, 2.45) is 7.05 Å². The number of benzene rings is 2. The normalized spacial score (nSPS) is 11.9. The molecule has 4 rings (SSSR count). The summed E-state index contributed by atoms with van der Waals surface area (Å²) in [6.07, 6.45) is -0.818. The molecule has 1 N–H and O–H groups in total. The summed E-state index contributed by atoms with van der Waals surface area (Å²) in [5.41, 5.74) is 3.99. The van der Waals surface area contributed by atoms with Crippen molar-refractivity contribution in [2.45, 2.75) is 20.0 Å². The highest BCUT2D eigenvalue weighted by atomic mass is 35.5. The molecule has 0 aliphatic heterocycles. The van der Waals surface area contributed by atoms with Crippen molar-refractivity contribution in [1.82, 2.24) is 14.8 Å². The number of hydrogen-bond acceptors (Lipinski definition) is 5. The number of rotatable bonds is 6. The van der Waals surface area contributed by atoms with Gasteiger partial charge in [0.2, 0.25) is 5.88 Å². The molecule has 2 heterocycles. The van der Waals surface area contributed by atoms with Gasteiger partial charge in [0.15, 0.2) is 11.8 Å². The molecule has 2 aromatic carbocycles. The maximum atomic E-state index is 12.8. The third kappa shape index (κ3) is 4.24. The molecule has 164 valence electrons. The van der Waals surface area contributed by atoms with Crippen LogP contribution in [0.4, 0.5) is 5.69 Å². The van der Waals surface area contributed by atoms with E-state index < -0.39 is 6.10 Å². The van der Waals surface area contributed by atoms with Gasteiger partial charge < -0.3 is 14.8 Å². The van der Waals surface area contributed by atoms with Gasteiger partial charge in [-0.3, -0.25) is 9.48 Å². The number of halogens is 1. The number of nitrogens with zero attached hydrogens (tertiary/aromatic N) is 3. The van der Waals surface area contributed by atoms with E-state index in [0.29, 0.717) is 28.0 Å². The third-order valence-electron chi connectivity index (χ3n) is 5.12. The molecule has 0 saturated heterocycles. The zero-order valence-corrected chi connectivity index (χ0v) is 19.0. The largest absolute Gasteiger partial charge is 0.495 e. The Morgan fingerprint density at radius 1 is 1.16 bits per heavy atom. The summed E-state index contributed by atoms with van der Waals surface area (Å²) in [5.74, 6) is 0.487. The first-order chi connectivity index (χ1) is 15.4. The average molecular weight is 451 g/mol. The molecule has 7 nitrogen and oxygen atoms in total.